The molecule has 0 bridgehead atoms. The predicted octanol–water partition coefficient (Wildman–Crippen LogP) is 5.12. The molecule has 132 valence electrons. The summed E-state index contributed by atoms with van der Waals surface area (Å²) in [7, 11) is 0. The molecule has 0 spiro atoms. The maximum Gasteiger partial charge on any atom is 0.261 e. The molecule has 0 amide bonds. The molecule has 0 aliphatic rings. The predicted molar refractivity (Wildman–Crippen MR) is 104 cm³/mol. The standard InChI is InChI=1S/C18H14ClN5O.ClH/c1-10-6-7-14-16(23-13-5-3-4-12(19)8-13)15(9-20-17(14)21-10)18-22-11(2)24-25-18;/h3-9H,1-2H3,(H,20,21,23);1H. The van der Waals surface area contributed by atoms with Gasteiger partial charge >= 0.3 is 0 Å². The molecule has 0 radical (unpaired) electrons. The minimum atomic E-state index is 0. The lowest BCUT2D eigenvalue weighted by atomic mass is 10.1. The third-order valence-corrected chi connectivity index (χ3v) is 3.96. The van der Waals surface area contributed by atoms with Crippen molar-refractivity contribution in [3.8, 4) is 11.5 Å². The molecule has 4 aromatic rings. The van der Waals surface area contributed by atoms with Crippen molar-refractivity contribution in [2.24, 2.45) is 0 Å². The lowest BCUT2D eigenvalue weighted by Crippen LogP contribution is -1.98. The molecule has 8 heteroatoms. The van der Waals surface area contributed by atoms with Gasteiger partial charge < -0.3 is 9.84 Å². The average Bonchev–Trinajstić information content (AvgIpc) is 3.01. The Morgan fingerprint density at radius 3 is 2.65 bits per heavy atom. The summed E-state index contributed by atoms with van der Waals surface area (Å²) in [6.07, 6.45) is 1.69. The number of fused-ring (bicyclic) bond motifs is 1. The van der Waals surface area contributed by atoms with Gasteiger partial charge in [0.25, 0.3) is 5.89 Å². The quantitative estimate of drug-likeness (QED) is 0.525. The van der Waals surface area contributed by atoms with Crippen molar-refractivity contribution in [1.29, 1.82) is 0 Å². The second-order valence-electron chi connectivity index (χ2n) is 5.65. The number of aromatic nitrogens is 4. The van der Waals surface area contributed by atoms with Crippen LogP contribution in [-0.2, 0) is 0 Å². The largest absolute Gasteiger partial charge is 0.354 e. The third kappa shape index (κ3) is 3.47. The molecule has 0 aliphatic heterocycles. The Hall–Kier alpha value is -2.70. The summed E-state index contributed by atoms with van der Waals surface area (Å²) >= 11 is 6.10. The van der Waals surface area contributed by atoms with E-state index in [0.29, 0.717) is 27.9 Å². The smallest absolute Gasteiger partial charge is 0.261 e. The van der Waals surface area contributed by atoms with Crippen molar-refractivity contribution in [2.75, 3.05) is 5.32 Å². The van der Waals surface area contributed by atoms with E-state index < -0.39 is 0 Å². The van der Waals surface area contributed by atoms with Crippen LogP contribution in [0.15, 0.2) is 47.1 Å². The van der Waals surface area contributed by atoms with Gasteiger partial charge in [0.05, 0.1) is 11.3 Å². The summed E-state index contributed by atoms with van der Waals surface area (Å²) in [5, 5.41) is 8.77. The molecule has 0 atom stereocenters. The van der Waals surface area contributed by atoms with Crippen LogP contribution < -0.4 is 5.32 Å². The molecule has 4 rings (SSSR count). The molecule has 0 aliphatic carbocycles. The Morgan fingerprint density at radius 1 is 1.08 bits per heavy atom. The van der Waals surface area contributed by atoms with Crippen molar-refractivity contribution in [3.05, 3.63) is 59.1 Å². The summed E-state index contributed by atoms with van der Waals surface area (Å²) in [6.45, 7) is 3.71. The fourth-order valence-electron chi connectivity index (χ4n) is 2.59. The van der Waals surface area contributed by atoms with Gasteiger partial charge in [-0.1, -0.05) is 22.8 Å². The first-order chi connectivity index (χ1) is 12.1. The Labute approximate surface area is 161 Å². The van der Waals surface area contributed by atoms with E-state index in [1.807, 2.05) is 43.3 Å². The summed E-state index contributed by atoms with van der Waals surface area (Å²) < 4.78 is 5.34. The van der Waals surface area contributed by atoms with Crippen LogP contribution in [0.2, 0.25) is 5.02 Å². The SMILES string of the molecule is Cc1ccc2c(Nc3cccc(Cl)c3)c(-c3nc(C)no3)cnc2n1.Cl. The van der Waals surface area contributed by atoms with Crippen LogP contribution in [0, 0.1) is 13.8 Å². The number of rotatable bonds is 3. The van der Waals surface area contributed by atoms with E-state index in [1.165, 1.54) is 0 Å². The highest BCUT2D eigenvalue weighted by Gasteiger charge is 2.17. The monoisotopic (exact) mass is 387 g/mol. The number of pyridine rings is 2. The number of nitrogens with zero attached hydrogens (tertiary/aromatic N) is 4. The number of benzene rings is 1. The zero-order valence-corrected chi connectivity index (χ0v) is 15.6. The van der Waals surface area contributed by atoms with Crippen molar-refractivity contribution in [3.63, 3.8) is 0 Å². The van der Waals surface area contributed by atoms with Crippen LogP contribution in [0.4, 0.5) is 11.4 Å². The van der Waals surface area contributed by atoms with Crippen molar-refractivity contribution < 1.29 is 4.52 Å². The van der Waals surface area contributed by atoms with Crippen LogP contribution in [0.25, 0.3) is 22.5 Å². The molecule has 0 unspecified atom stereocenters. The van der Waals surface area contributed by atoms with E-state index >= 15 is 0 Å². The lowest BCUT2D eigenvalue weighted by molar-refractivity contribution is 0.425. The van der Waals surface area contributed by atoms with Crippen LogP contribution in [0.1, 0.15) is 11.5 Å². The molecule has 26 heavy (non-hydrogen) atoms. The highest BCUT2D eigenvalue weighted by molar-refractivity contribution is 6.30. The molecule has 0 saturated heterocycles. The molecule has 0 saturated carbocycles. The van der Waals surface area contributed by atoms with E-state index in [0.717, 1.165) is 22.5 Å². The second-order valence-corrected chi connectivity index (χ2v) is 6.09. The molecule has 1 aromatic carbocycles. The highest BCUT2D eigenvalue weighted by Crippen LogP contribution is 2.35. The third-order valence-electron chi connectivity index (χ3n) is 3.72. The van der Waals surface area contributed by atoms with Gasteiger partial charge in [0.2, 0.25) is 0 Å². The van der Waals surface area contributed by atoms with Crippen LogP contribution in [-0.4, -0.2) is 20.1 Å². The van der Waals surface area contributed by atoms with Gasteiger partial charge in [0, 0.05) is 28.0 Å². The van der Waals surface area contributed by atoms with Crippen LogP contribution in [0.5, 0.6) is 0 Å². The van der Waals surface area contributed by atoms with Gasteiger partial charge in [-0.05, 0) is 44.2 Å². The van der Waals surface area contributed by atoms with Crippen LogP contribution in [0.3, 0.4) is 0 Å². The molecule has 6 nitrogen and oxygen atoms in total. The number of hydrogen-bond acceptors (Lipinski definition) is 6. The number of anilines is 2. The molecular formula is C18H15Cl2N5O. The van der Waals surface area contributed by atoms with Gasteiger partial charge in [-0.2, -0.15) is 4.98 Å². The van der Waals surface area contributed by atoms with Crippen molar-refractivity contribution in [2.45, 2.75) is 13.8 Å². The normalized spacial score (nSPS) is 10.6. The molecular weight excluding hydrogens is 373 g/mol. The Bertz CT molecular complexity index is 1080. The first-order valence-electron chi connectivity index (χ1n) is 7.70. The maximum absolute atomic E-state index is 6.10. The summed E-state index contributed by atoms with van der Waals surface area (Å²) in [4.78, 5) is 13.3. The van der Waals surface area contributed by atoms with Gasteiger partial charge in [0.15, 0.2) is 11.5 Å². The van der Waals surface area contributed by atoms with Crippen molar-refractivity contribution >= 4 is 46.4 Å². The second kappa shape index (κ2) is 7.27. The van der Waals surface area contributed by atoms with E-state index in [1.54, 1.807) is 13.1 Å². The van der Waals surface area contributed by atoms with E-state index in [2.05, 4.69) is 25.4 Å². The molecule has 3 heterocycles. The highest BCUT2D eigenvalue weighted by atomic mass is 35.5. The van der Waals surface area contributed by atoms with E-state index in [9.17, 15) is 0 Å². The van der Waals surface area contributed by atoms with Gasteiger partial charge in [-0.25, -0.2) is 9.97 Å². The van der Waals surface area contributed by atoms with E-state index in [-0.39, 0.29) is 12.4 Å². The summed E-state index contributed by atoms with van der Waals surface area (Å²) in [6, 6.07) is 11.4. The van der Waals surface area contributed by atoms with Gasteiger partial charge in [-0.15, -0.1) is 12.4 Å². The fourth-order valence-corrected chi connectivity index (χ4v) is 2.78. The zero-order valence-electron chi connectivity index (χ0n) is 14.0. The first-order valence-corrected chi connectivity index (χ1v) is 8.07. The topological polar surface area (TPSA) is 76.7 Å². The zero-order chi connectivity index (χ0) is 17.4. The minimum absolute atomic E-state index is 0. The first kappa shape index (κ1) is 18.1. The number of halogens is 2. The Kier molecular flexibility index (Phi) is 5.06. The summed E-state index contributed by atoms with van der Waals surface area (Å²) in [5.74, 6) is 0.961. The van der Waals surface area contributed by atoms with Crippen molar-refractivity contribution in [1.82, 2.24) is 20.1 Å². The van der Waals surface area contributed by atoms with E-state index in [4.69, 9.17) is 16.1 Å². The number of hydrogen-bond donors (Lipinski definition) is 1. The van der Waals surface area contributed by atoms with Crippen LogP contribution >= 0.6 is 24.0 Å². The van der Waals surface area contributed by atoms with Gasteiger partial charge in [0.1, 0.15) is 0 Å². The number of nitrogens with one attached hydrogen (secondary N) is 1. The fraction of sp³-hybridized carbons (Fsp3) is 0.111. The average molecular weight is 388 g/mol. The van der Waals surface area contributed by atoms with Gasteiger partial charge in [-0.3, -0.25) is 0 Å². The number of aryl methyl sites for hydroxylation is 2. The molecule has 0 fully saturated rings. The Morgan fingerprint density at radius 2 is 1.92 bits per heavy atom. The summed E-state index contributed by atoms with van der Waals surface area (Å²) in [5.41, 5.74) is 3.89. The maximum atomic E-state index is 6.10. The Balaban J connectivity index is 0.00000196. The lowest BCUT2D eigenvalue weighted by Gasteiger charge is -2.13. The minimum Gasteiger partial charge on any atom is -0.354 e. The molecule has 3 aromatic heterocycles. The molecule has 1 N–H and O–H groups in total.